The van der Waals surface area contributed by atoms with E-state index in [1.54, 1.807) is 12.1 Å². The molecule has 0 saturated carbocycles. The summed E-state index contributed by atoms with van der Waals surface area (Å²) in [5.41, 5.74) is 3.46. The molecule has 1 heterocycles. The normalized spacial score (nSPS) is 17.3. The third-order valence-corrected chi connectivity index (χ3v) is 5.25. The Morgan fingerprint density at radius 2 is 1.70 bits per heavy atom. The number of aliphatic imine (C=N–C) groups is 1. The van der Waals surface area contributed by atoms with Gasteiger partial charge in [0, 0.05) is 26.8 Å². The van der Waals surface area contributed by atoms with Crippen LogP contribution >= 0.6 is 0 Å². The maximum absolute atomic E-state index is 11.6. The van der Waals surface area contributed by atoms with Crippen LogP contribution in [0, 0.1) is 0 Å². The average Bonchev–Trinajstić information content (AvgIpc) is 2.53. The number of rotatable bonds is 2. The first-order valence-electron chi connectivity index (χ1n) is 7.48. The lowest BCUT2D eigenvalue weighted by Gasteiger charge is -2.27. The van der Waals surface area contributed by atoms with Crippen molar-refractivity contribution < 1.29 is 8.42 Å². The Bertz CT molecular complexity index is 853. The van der Waals surface area contributed by atoms with Gasteiger partial charge in [-0.1, -0.05) is 36.4 Å². The molecule has 4 nitrogen and oxygen atoms in total. The van der Waals surface area contributed by atoms with Crippen LogP contribution in [0.4, 0.5) is 0 Å². The van der Waals surface area contributed by atoms with E-state index in [0.717, 1.165) is 17.8 Å². The van der Waals surface area contributed by atoms with E-state index in [0.29, 0.717) is 4.90 Å². The van der Waals surface area contributed by atoms with Gasteiger partial charge in [0.1, 0.15) is 11.9 Å². The standard InChI is InChI=1S/C18H20N2O2S/c1-20(2)17-12-14-6-4-5-7-16(14)18(19-17)13-8-10-15(11-9-13)23(3,21)22/h4-11,18H,12H2,1-3H3. The number of sulfone groups is 1. The molecule has 1 aliphatic heterocycles. The fourth-order valence-electron chi connectivity index (χ4n) is 2.82. The second kappa shape index (κ2) is 5.81. The quantitative estimate of drug-likeness (QED) is 0.852. The Kier molecular flexibility index (Phi) is 3.98. The number of likely N-dealkylation sites (N-methyl/N-ethyl adjacent to an activating group) is 1. The van der Waals surface area contributed by atoms with E-state index < -0.39 is 9.84 Å². The number of fused-ring (bicyclic) bond motifs is 1. The number of nitrogens with zero attached hydrogens (tertiary/aromatic N) is 2. The summed E-state index contributed by atoms with van der Waals surface area (Å²) in [6.07, 6.45) is 2.04. The van der Waals surface area contributed by atoms with Gasteiger partial charge in [0.2, 0.25) is 0 Å². The highest BCUT2D eigenvalue weighted by molar-refractivity contribution is 7.90. The van der Waals surface area contributed by atoms with Crippen LogP contribution in [0.15, 0.2) is 58.4 Å². The van der Waals surface area contributed by atoms with E-state index in [2.05, 4.69) is 12.1 Å². The Hall–Kier alpha value is -2.14. The second-order valence-corrected chi connectivity index (χ2v) is 8.07. The maximum atomic E-state index is 11.6. The van der Waals surface area contributed by atoms with E-state index in [4.69, 9.17) is 4.99 Å². The fraction of sp³-hybridized carbons (Fsp3) is 0.278. The second-order valence-electron chi connectivity index (χ2n) is 6.06. The molecule has 3 rings (SSSR count). The minimum absolute atomic E-state index is 0.0917. The molecule has 0 N–H and O–H groups in total. The van der Waals surface area contributed by atoms with E-state index >= 15 is 0 Å². The molecule has 1 atom stereocenters. The van der Waals surface area contributed by atoms with Crippen LogP contribution in [0.5, 0.6) is 0 Å². The van der Waals surface area contributed by atoms with Crippen LogP contribution in [0.1, 0.15) is 22.7 Å². The van der Waals surface area contributed by atoms with Gasteiger partial charge < -0.3 is 4.90 Å². The van der Waals surface area contributed by atoms with Gasteiger partial charge in [-0.25, -0.2) is 8.42 Å². The van der Waals surface area contributed by atoms with Crippen LogP contribution in [-0.4, -0.2) is 39.5 Å². The lowest BCUT2D eigenvalue weighted by atomic mass is 9.90. The van der Waals surface area contributed by atoms with Crippen LogP contribution in [0.2, 0.25) is 0 Å². The van der Waals surface area contributed by atoms with E-state index in [1.807, 2.05) is 43.3 Å². The molecule has 120 valence electrons. The predicted octanol–water partition coefficient (Wildman–Crippen LogP) is 2.70. The van der Waals surface area contributed by atoms with Crippen molar-refractivity contribution in [2.75, 3.05) is 20.4 Å². The SMILES string of the molecule is CN(C)C1=NC(c2ccc(S(C)(=O)=O)cc2)c2ccccc2C1. The Labute approximate surface area is 137 Å². The Balaban J connectivity index is 2.07. The fourth-order valence-corrected chi connectivity index (χ4v) is 3.45. The van der Waals surface area contributed by atoms with Crippen molar-refractivity contribution in [3.63, 3.8) is 0 Å². The van der Waals surface area contributed by atoms with Crippen LogP contribution in [0.25, 0.3) is 0 Å². The topological polar surface area (TPSA) is 49.7 Å². The van der Waals surface area contributed by atoms with Gasteiger partial charge in [-0.3, -0.25) is 4.99 Å². The van der Waals surface area contributed by atoms with Gasteiger partial charge in [-0.2, -0.15) is 0 Å². The lowest BCUT2D eigenvalue weighted by Crippen LogP contribution is -2.28. The van der Waals surface area contributed by atoms with E-state index in [9.17, 15) is 8.42 Å². The summed E-state index contributed by atoms with van der Waals surface area (Å²) in [5.74, 6) is 1.03. The van der Waals surface area contributed by atoms with E-state index in [-0.39, 0.29) is 6.04 Å². The third-order valence-electron chi connectivity index (χ3n) is 4.12. The molecular formula is C18H20N2O2S. The molecule has 0 fully saturated rings. The first-order chi connectivity index (χ1) is 10.9. The molecule has 2 aromatic carbocycles. The Morgan fingerprint density at radius 1 is 1.04 bits per heavy atom. The molecule has 0 spiro atoms. The minimum Gasteiger partial charge on any atom is -0.366 e. The molecule has 0 saturated heterocycles. The number of hydrogen-bond donors (Lipinski definition) is 0. The summed E-state index contributed by atoms with van der Waals surface area (Å²) < 4.78 is 23.3. The summed E-state index contributed by atoms with van der Waals surface area (Å²) >= 11 is 0. The van der Waals surface area contributed by atoms with Crippen LogP contribution in [0.3, 0.4) is 0 Å². The highest BCUT2D eigenvalue weighted by Gasteiger charge is 2.23. The molecule has 0 aromatic heterocycles. The first-order valence-corrected chi connectivity index (χ1v) is 9.37. The van der Waals surface area contributed by atoms with Crippen molar-refractivity contribution in [1.29, 1.82) is 0 Å². The number of amidine groups is 1. The van der Waals surface area contributed by atoms with Crippen molar-refractivity contribution in [3.05, 3.63) is 65.2 Å². The van der Waals surface area contributed by atoms with Crippen LogP contribution in [-0.2, 0) is 16.3 Å². The monoisotopic (exact) mass is 328 g/mol. The van der Waals surface area contributed by atoms with Gasteiger partial charge in [0.15, 0.2) is 9.84 Å². The summed E-state index contributed by atoms with van der Waals surface area (Å²) in [6.45, 7) is 0. The van der Waals surface area contributed by atoms with Gasteiger partial charge >= 0.3 is 0 Å². The molecule has 1 aliphatic rings. The Morgan fingerprint density at radius 3 is 2.30 bits per heavy atom. The molecular weight excluding hydrogens is 308 g/mol. The molecule has 0 aliphatic carbocycles. The number of benzene rings is 2. The third kappa shape index (κ3) is 3.15. The molecule has 23 heavy (non-hydrogen) atoms. The number of hydrogen-bond acceptors (Lipinski definition) is 4. The zero-order valence-corrected chi connectivity index (χ0v) is 14.3. The van der Waals surface area contributed by atoms with Gasteiger partial charge in [0.25, 0.3) is 0 Å². The molecule has 0 bridgehead atoms. The predicted molar refractivity (Wildman–Crippen MR) is 92.7 cm³/mol. The van der Waals surface area contributed by atoms with Crippen molar-refractivity contribution in [1.82, 2.24) is 4.90 Å². The average molecular weight is 328 g/mol. The van der Waals surface area contributed by atoms with E-state index in [1.165, 1.54) is 17.4 Å². The summed E-state index contributed by atoms with van der Waals surface area (Å²) in [4.78, 5) is 7.25. The minimum atomic E-state index is -3.18. The zero-order valence-electron chi connectivity index (χ0n) is 13.5. The van der Waals surface area contributed by atoms with Crippen LogP contribution < -0.4 is 0 Å². The highest BCUT2D eigenvalue weighted by atomic mass is 32.2. The van der Waals surface area contributed by atoms with Crippen molar-refractivity contribution >= 4 is 15.7 Å². The van der Waals surface area contributed by atoms with Crippen molar-refractivity contribution in [2.24, 2.45) is 4.99 Å². The smallest absolute Gasteiger partial charge is 0.175 e. The summed E-state index contributed by atoms with van der Waals surface area (Å²) in [6, 6.07) is 15.2. The van der Waals surface area contributed by atoms with Gasteiger partial charge in [-0.05, 0) is 28.8 Å². The first kappa shape index (κ1) is 15.7. The highest BCUT2D eigenvalue weighted by Crippen LogP contribution is 2.33. The molecule has 5 heteroatoms. The molecule has 1 unspecified atom stereocenters. The summed E-state index contributed by atoms with van der Waals surface area (Å²) in [7, 11) is 0.814. The lowest BCUT2D eigenvalue weighted by molar-refractivity contribution is 0.591. The molecule has 0 radical (unpaired) electrons. The maximum Gasteiger partial charge on any atom is 0.175 e. The summed E-state index contributed by atoms with van der Waals surface area (Å²) in [5, 5.41) is 0. The largest absolute Gasteiger partial charge is 0.366 e. The van der Waals surface area contributed by atoms with Gasteiger partial charge in [0.05, 0.1) is 4.90 Å². The molecule has 2 aromatic rings. The van der Waals surface area contributed by atoms with Crippen molar-refractivity contribution in [2.45, 2.75) is 17.4 Å². The van der Waals surface area contributed by atoms with Gasteiger partial charge in [-0.15, -0.1) is 0 Å². The zero-order chi connectivity index (χ0) is 16.6. The molecule has 0 amide bonds. The van der Waals surface area contributed by atoms with Crippen molar-refractivity contribution in [3.8, 4) is 0 Å².